The number of hydrogen-bond donors (Lipinski definition) is 1. The third-order valence-corrected chi connectivity index (χ3v) is 2.29. The fourth-order valence-corrected chi connectivity index (χ4v) is 1.59. The van der Waals surface area contributed by atoms with Gasteiger partial charge >= 0.3 is 0 Å². The molecule has 0 radical (unpaired) electrons. The molecular formula is C11H21N3. The lowest BCUT2D eigenvalue weighted by atomic mass is 10.1. The zero-order valence-corrected chi connectivity index (χ0v) is 9.24. The minimum atomic E-state index is 0.569. The molecule has 1 aromatic heterocycles. The van der Waals surface area contributed by atoms with Crippen molar-refractivity contribution in [3.8, 4) is 0 Å². The van der Waals surface area contributed by atoms with E-state index in [1.165, 1.54) is 19.3 Å². The lowest BCUT2D eigenvalue weighted by Crippen LogP contribution is -2.33. The molecule has 0 aliphatic carbocycles. The van der Waals surface area contributed by atoms with Crippen LogP contribution in [0.3, 0.4) is 0 Å². The highest BCUT2D eigenvalue weighted by molar-refractivity contribution is 4.79. The van der Waals surface area contributed by atoms with E-state index < -0.39 is 0 Å². The third-order valence-electron chi connectivity index (χ3n) is 2.29. The van der Waals surface area contributed by atoms with Gasteiger partial charge in [-0.3, -0.25) is 4.68 Å². The molecule has 0 fully saturated rings. The summed E-state index contributed by atoms with van der Waals surface area (Å²) in [5, 5.41) is 7.77. The monoisotopic (exact) mass is 195 g/mol. The first-order chi connectivity index (χ1) is 6.86. The van der Waals surface area contributed by atoms with Crippen molar-refractivity contribution in [2.45, 2.75) is 45.7 Å². The summed E-state index contributed by atoms with van der Waals surface area (Å²) in [5.41, 5.74) is 0. The van der Waals surface area contributed by atoms with E-state index in [4.69, 9.17) is 0 Å². The van der Waals surface area contributed by atoms with Gasteiger partial charge < -0.3 is 5.32 Å². The van der Waals surface area contributed by atoms with Crippen LogP contribution in [0, 0.1) is 0 Å². The zero-order chi connectivity index (χ0) is 10.2. The molecule has 0 aliphatic rings. The van der Waals surface area contributed by atoms with Crippen LogP contribution in [-0.2, 0) is 6.54 Å². The Labute approximate surface area is 86.5 Å². The van der Waals surface area contributed by atoms with Crippen LogP contribution in [0.5, 0.6) is 0 Å². The largest absolute Gasteiger partial charge is 0.312 e. The average molecular weight is 195 g/mol. The van der Waals surface area contributed by atoms with E-state index in [-0.39, 0.29) is 0 Å². The summed E-state index contributed by atoms with van der Waals surface area (Å²) in [4.78, 5) is 0. The number of nitrogens with one attached hydrogen (secondary N) is 1. The van der Waals surface area contributed by atoms with Crippen molar-refractivity contribution in [3.05, 3.63) is 18.5 Å². The molecule has 80 valence electrons. The normalized spacial score (nSPS) is 13.0. The minimum Gasteiger partial charge on any atom is -0.312 e. The molecule has 1 aromatic rings. The van der Waals surface area contributed by atoms with Gasteiger partial charge in [-0.2, -0.15) is 5.10 Å². The molecule has 1 atom stereocenters. The van der Waals surface area contributed by atoms with Gasteiger partial charge in [-0.25, -0.2) is 0 Å². The first-order valence-corrected chi connectivity index (χ1v) is 5.57. The lowest BCUT2D eigenvalue weighted by Gasteiger charge is -2.17. The van der Waals surface area contributed by atoms with Crippen molar-refractivity contribution in [1.29, 1.82) is 0 Å². The molecule has 0 aliphatic heterocycles. The van der Waals surface area contributed by atoms with Gasteiger partial charge in [-0.05, 0) is 25.5 Å². The van der Waals surface area contributed by atoms with Gasteiger partial charge in [0.15, 0.2) is 0 Å². The molecule has 14 heavy (non-hydrogen) atoms. The van der Waals surface area contributed by atoms with E-state index >= 15 is 0 Å². The highest BCUT2D eigenvalue weighted by Crippen LogP contribution is 2.00. The Balaban J connectivity index is 2.34. The van der Waals surface area contributed by atoms with Gasteiger partial charge in [0.2, 0.25) is 0 Å². The Bertz CT molecular complexity index is 218. The number of rotatable bonds is 7. The number of aromatic nitrogens is 2. The van der Waals surface area contributed by atoms with Gasteiger partial charge in [-0.15, -0.1) is 0 Å². The Morgan fingerprint density at radius 2 is 2.21 bits per heavy atom. The first-order valence-electron chi connectivity index (χ1n) is 5.57. The molecule has 0 saturated carbocycles. The quantitative estimate of drug-likeness (QED) is 0.721. The van der Waals surface area contributed by atoms with Crippen LogP contribution in [0.1, 0.15) is 33.1 Å². The van der Waals surface area contributed by atoms with Gasteiger partial charge in [0.1, 0.15) is 0 Å². The summed E-state index contributed by atoms with van der Waals surface area (Å²) < 4.78 is 2.00. The van der Waals surface area contributed by atoms with Gasteiger partial charge in [0, 0.05) is 18.4 Å². The maximum Gasteiger partial charge on any atom is 0.0562 e. The van der Waals surface area contributed by atoms with Gasteiger partial charge in [0.25, 0.3) is 0 Å². The van der Waals surface area contributed by atoms with Crippen LogP contribution in [0.15, 0.2) is 18.5 Å². The Kier molecular flexibility index (Phi) is 5.30. The molecule has 3 heteroatoms. The van der Waals surface area contributed by atoms with Crippen LogP contribution in [0.4, 0.5) is 0 Å². The maximum absolute atomic E-state index is 4.22. The molecule has 0 spiro atoms. The molecule has 0 saturated heterocycles. The highest BCUT2D eigenvalue weighted by Gasteiger charge is 2.06. The van der Waals surface area contributed by atoms with Crippen LogP contribution in [0.2, 0.25) is 0 Å². The van der Waals surface area contributed by atoms with E-state index in [0.717, 1.165) is 13.1 Å². The summed E-state index contributed by atoms with van der Waals surface area (Å²) >= 11 is 0. The Hall–Kier alpha value is -0.830. The molecule has 1 heterocycles. The second-order valence-corrected chi connectivity index (χ2v) is 3.67. The second-order valence-electron chi connectivity index (χ2n) is 3.67. The van der Waals surface area contributed by atoms with Crippen molar-refractivity contribution >= 4 is 0 Å². The molecule has 3 nitrogen and oxygen atoms in total. The standard InChI is InChI=1S/C11H21N3/c1-3-6-11(12-7-4-2)10-14-9-5-8-13-14/h5,8-9,11-12H,3-4,6-7,10H2,1-2H3. The zero-order valence-electron chi connectivity index (χ0n) is 9.24. The highest BCUT2D eigenvalue weighted by atomic mass is 15.3. The summed E-state index contributed by atoms with van der Waals surface area (Å²) in [5.74, 6) is 0. The summed E-state index contributed by atoms with van der Waals surface area (Å²) in [7, 11) is 0. The fraction of sp³-hybridized carbons (Fsp3) is 0.727. The van der Waals surface area contributed by atoms with E-state index in [1.807, 2.05) is 23.1 Å². The average Bonchev–Trinajstić information content (AvgIpc) is 2.67. The van der Waals surface area contributed by atoms with Gasteiger partial charge in [0.05, 0.1) is 6.54 Å². The Morgan fingerprint density at radius 1 is 1.36 bits per heavy atom. The molecule has 1 unspecified atom stereocenters. The minimum absolute atomic E-state index is 0.569. The number of hydrogen-bond acceptors (Lipinski definition) is 2. The van der Waals surface area contributed by atoms with Gasteiger partial charge in [-0.1, -0.05) is 20.3 Å². The van der Waals surface area contributed by atoms with Crippen molar-refractivity contribution in [2.75, 3.05) is 6.54 Å². The first kappa shape index (κ1) is 11.2. The van der Waals surface area contributed by atoms with Crippen molar-refractivity contribution in [2.24, 2.45) is 0 Å². The van der Waals surface area contributed by atoms with Crippen molar-refractivity contribution in [1.82, 2.24) is 15.1 Å². The maximum atomic E-state index is 4.22. The van der Waals surface area contributed by atoms with E-state index in [2.05, 4.69) is 24.3 Å². The van der Waals surface area contributed by atoms with E-state index in [0.29, 0.717) is 6.04 Å². The summed E-state index contributed by atoms with van der Waals surface area (Å²) in [6.45, 7) is 6.51. The predicted molar refractivity (Wildman–Crippen MR) is 59.2 cm³/mol. The number of nitrogens with zero attached hydrogens (tertiary/aromatic N) is 2. The summed E-state index contributed by atoms with van der Waals surface area (Å²) in [6.07, 6.45) is 7.50. The van der Waals surface area contributed by atoms with Crippen molar-refractivity contribution in [3.63, 3.8) is 0 Å². The Morgan fingerprint density at radius 3 is 2.79 bits per heavy atom. The second kappa shape index (κ2) is 6.60. The van der Waals surface area contributed by atoms with Crippen LogP contribution in [-0.4, -0.2) is 22.4 Å². The molecule has 0 bridgehead atoms. The van der Waals surface area contributed by atoms with E-state index in [1.54, 1.807) is 0 Å². The molecule has 1 rings (SSSR count). The molecular weight excluding hydrogens is 174 g/mol. The van der Waals surface area contributed by atoms with Crippen LogP contribution in [0.25, 0.3) is 0 Å². The summed E-state index contributed by atoms with van der Waals surface area (Å²) in [6, 6.07) is 2.54. The topological polar surface area (TPSA) is 29.9 Å². The van der Waals surface area contributed by atoms with Crippen molar-refractivity contribution < 1.29 is 0 Å². The molecule has 0 aromatic carbocycles. The predicted octanol–water partition coefficient (Wildman–Crippen LogP) is 2.05. The van der Waals surface area contributed by atoms with Crippen LogP contribution >= 0.6 is 0 Å². The van der Waals surface area contributed by atoms with Crippen LogP contribution < -0.4 is 5.32 Å². The molecule has 0 amide bonds. The fourth-order valence-electron chi connectivity index (χ4n) is 1.59. The lowest BCUT2D eigenvalue weighted by molar-refractivity contribution is 0.402. The smallest absolute Gasteiger partial charge is 0.0562 e. The molecule has 1 N–H and O–H groups in total. The third kappa shape index (κ3) is 3.92. The van der Waals surface area contributed by atoms with E-state index in [9.17, 15) is 0 Å². The SMILES string of the molecule is CCCNC(CCC)Cn1cccn1.